The van der Waals surface area contributed by atoms with Crippen LogP contribution in [0.1, 0.15) is 34.1 Å². The second-order valence-corrected chi connectivity index (χ2v) is 4.97. The fourth-order valence-electron chi connectivity index (χ4n) is 1.57. The largest absolute Gasteiger partial charge is 0.335 e. The summed E-state index contributed by atoms with van der Waals surface area (Å²) in [4.78, 5) is 25.0. The highest BCUT2D eigenvalue weighted by Gasteiger charge is 2.35. The zero-order valence-corrected chi connectivity index (χ0v) is 9.46. The number of piperidine rings is 1. The lowest BCUT2D eigenvalue weighted by Crippen LogP contribution is -2.48. The summed E-state index contributed by atoms with van der Waals surface area (Å²) in [7, 11) is 0. The fourth-order valence-corrected chi connectivity index (χ4v) is 1.57. The van der Waals surface area contributed by atoms with Gasteiger partial charge in [0.2, 0.25) is 5.91 Å². The molecule has 1 aliphatic rings. The summed E-state index contributed by atoms with van der Waals surface area (Å²) in [5.41, 5.74) is -0.242. The normalized spacial score (nSPS) is 21.5. The van der Waals surface area contributed by atoms with Gasteiger partial charge in [0.1, 0.15) is 0 Å². The molecule has 0 bridgehead atoms. The standard InChI is InChI=1S/C11H19NO2/c1-8(2)10(14)12-6-5-11(3,4)9(13)7-12/h8H,5-7H2,1-4H3. The van der Waals surface area contributed by atoms with Crippen molar-refractivity contribution in [1.29, 1.82) is 0 Å². The molecule has 0 aromatic heterocycles. The summed E-state index contributed by atoms with van der Waals surface area (Å²) >= 11 is 0. The second-order valence-electron chi connectivity index (χ2n) is 4.97. The molecular weight excluding hydrogens is 178 g/mol. The molecule has 80 valence electrons. The molecule has 3 heteroatoms. The maximum atomic E-state index is 11.7. The average Bonchev–Trinajstić information content (AvgIpc) is 2.08. The van der Waals surface area contributed by atoms with Crippen LogP contribution in [0.5, 0.6) is 0 Å². The zero-order chi connectivity index (χ0) is 10.9. The number of carbonyl (C=O) groups is 2. The first-order valence-electron chi connectivity index (χ1n) is 5.16. The van der Waals surface area contributed by atoms with Crippen LogP contribution < -0.4 is 0 Å². The Kier molecular flexibility index (Phi) is 2.98. The van der Waals surface area contributed by atoms with Crippen LogP contribution in [-0.2, 0) is 9.59 Å². The van der Waals surface area contributed by atoms with E-state index in [-0.39, 0.29) is 23.0 Å². The molecule has 1 fully saturated rings. The van der Waals surface area contributed by atoms with E-state index in [2.05, 4.69) is 0 Å². The van der Waals surface area contributed by atoms with Gasteiger partial charge in [-0.05, 0) is 6.42 Å². The van der Waals surface area contributed by atoms with Gasteiger partial charge in [-0.1, -0.05) is 27.7 Å². The number of amides is 1. The predicted octanol–water partition coefficient (Wildman–Crippen LogP) is 1.47. The van der Waals surface area contributed by atoms with Crippen molar-refractivity contribution < 1.29 is 9.59 Å². The minimum atomic E-state index is -0.242. The summed E-state index contributed by atoms with van der Waals surface area (Å²) < 4.78 is 0. The van der Waals surface area contributed by atoms with Crippen molar-refractivity contribution in [3.63, 3.8) is 0 Å². The second kappa shape index (κ2) is 3.71. The van der Waals surface area contributed by atoms with Gasteiger partial charge in [0.25, 0.3) is 0 Å². The highest BCUT2D eigenvalue weighted by molar-refractivity contribution is 5.91. The lowest BCUT2D eigenvalue weighted by atomic mass is 9.81. The van der Waals surface area contributed by atoms with Gasteiger partial charge in [0.05, 0.1) is 6.54 Å². The van der Waals surface area contributed by atoms with Crippen LogP contribution in [0, 0.1) is 11.3 Å². The van der Waals surface area contributed by atoms with E-state index in [9.17, 15) is 9.59 Å². The van der Waals surface area contributed by atoms with Gasteiger partial charge in [0, 0.05) is 17.9 Å². The van der Waals surface area contributed by atoms with Crippen LogP contribution >= 0.6 is 0 Å². The highest BCUT2D eigenvalue weighted by Crippen LogP contribution is 2.27. The van der Waals surface area contributed by atoms with E-state index in [1.165, 1.54) is 0 Å². The number of carbonyl (C=O) groups excluding carboxylic acids is 2. The molecule has 0 unspecified atom stereocenters. The Morgan fingerprint density at radius 2 is 2.00 bits per heavy atom. The molecule has 0 atom stereocenters. The minimum absolute atomic E-state index is 0.0102. The molecular formula is C11H19NO2. The first-order chi connectivity index (χ1) is 6.34. The summed E-state index contributed by atoms with van der Waals surface area (Å²) in [6, 6.07) is 0. The number of hydrogen-bond acceptors (Lipinski definition) is 2. The number of ketones is 1. The molecule has 3 nitrogen and oxygen atoms in total. The van der Waals surface area contributed by atoms with Gasteiger partial charge >= 0.3 is 0 Å². The van der Waals surface area contributed by atoms with Gasteiger partial charge in [-0.3, -0.25) is 9.59 Å². The highest BCUT2D eigenvalue weighted by atomic mass is 16.2. The maximum absolute atomic E-state index is 11.7. The summed E-state index contributed by atoms with van der Waals surface area (Å²) in [5.74, 6) is 0.260. The summed E-state index contributed by atoms with van der Waals surface area (Å²) in [5, 5.41) is 0. The maximum Gasteiger partial charge on any atom is 0.225 e. The van der Waals surface area contributed by atoms with Crippen molar-refractivity contribution in [3.05, 3.63) is 0 Å². The van der Waals surface area contributed by atoms with Crippen molar-refractivity contribution in [2.24, 2.45) is 11.3 Å². The molecule has 0 N–H and O–H groups in total. The summed E-state index contributed by atoms with van der Waals surface area (Å²) in [6.07, 6.45) is 0.782. The number of Topliss-reactive ketones (excluding diaryl/α,β-unsaturated/α-hetero) is 1. The minimum Gasteiger partial charge on any atom is -0.335 e. The molecule has 1 saturated heterocycles. The molecule has 14 heavy (non-hydrogen) atoms. The Hall–Kier alpha value is -0.860. The first-order valence-corrected chi connectivity index (χ1v) is 5.16. The lowest BCUT2D eigenvalue weighted by Gasteiger charge is -2.36. The van der Waals surface area contributed by atoms with E-state index in [4.69, 9.17) is 0 Å². The number of nitrogens with zero attached hydrogens (tertiary/aromatic N) is 1. The van der Waals surface area contributed by atoms with E-state index in [0.29, 0.717) is 6.54 Å². The SMILES string of the molecule is CC(C)C(=O)N1CCC(C)(C)C(=O)C1. The van der Waals surface area contributed by atoms with Crippen LogP contribution in [0.15, 0.2) is 0 Å². The van der Waals surface area contributed by atoms with Gasteiger partial charge < -0.3 is 4.90 Å². The van der Waals surface area contributed by atoms with Crippen LogP contribution in [0.2, 0.25) is 0 Å². The van der Waals surface area contributed by atoms with Crippen molar-refractivity contribution in [2.75, 3.05) is 13.1 Å². The molecule has 0 radical (unpaired) electrons. The first kappa shape index (κ1) is 11.2. The predicted molar refractivity (Wildman–Crippen MR) is 54.8 cm³/mol. The Labute approximate surface area is 85.5 Å². The van der Waals surface area contributed by atoms with Crippen LogP contribution in [0.3, 0.4) is 0 Å². The lowest BCUT2D eigenvalue weighted by molar-refractivity contribution is -0.144. The van der Waals surface area contributed by atoms with Crippen molar-refractivity contribution in [1.82, 2.24) is 4.90 Å². The molecule has 1 amide bonds. The topological polar surface area (TPSA) is 37.4 Å². The smallest absolute Gasteiger partial charge is 0.225 e. The number of likely N-dealkylation sites (tertiary alicyclic amines) is 1. The van der Waals surface area contributed by atoms with E-state index >= 15 is 0 Å². The van der Waals surface area contributed by atoms with Crippen molar-refractivity contribution in [2.45, 2.75) is 34.1 Å². The van der Waals surface area contributed by atoms with Crippen molar-refractivity contribution in [3.8, 4) is 0 Å². The molecule has 1 aliphatic heterocycles. The molecule has 0 saturated carbocycles. The van der Waals surface area contributed by atoms with Crippen LogP contribution in [0.4, 0.5) is 0 Å². The molecule has 1 heterocycles. The van der Waals surface area contributed by atoms with Crippen molar-refractivity contribution >= 4 is 11.7 Å². The molecule has 0 spiro atoms. The Morgan fingerprint density at radius 3 is 2.43 bits per heavy atom. The van der Waals surface area contributed by atoms with Gasteiger partial charge in [-0.25, -0.2) is 0 Å². The number of rotatable bonds is 1. The van der Waals surface area contributed by atoms with E-state index < -0.39 is 0 Å². The van der Waals surface area contributed by atoms with Crippen LogP contribution in [0.25, 0.3) is 0 Å². The fraction of sp³-hybridized carbons (Fsp3) is 0.818. The monoisotopic (exact) mass is 197 g/mol. The van der Waals surface area contributed by atoms with Gasteiger partial charge in [-0.15, -0.1) is 0 Å². The molecule has 1 rings (SSSR count). The van der Waals surface area contributed by atoms with Gasteiger partial charge in [0.15, 0.2) is 5.78 Å². The molecule has 0 aliphatic carbocycles. The van der Waals surface area contributed by atoms with E-state index in [0.717, 1.165) is 13.0 Å². The third-order valence-electron chi connectivity index (χ3n) is 2.90. The van der Waals surface area contributed by atoms with E-state index in [1.807, 2.05) is 27.7 Å². The van der Waals surface area contributed by atoms with Gasteiger partial charge in [-0.2, -0.15) is 0 Å². The average molecular weight is 197 g/mol. The zero-order valence-electron chi connectivity index (χ0n) is 9.46. The Balaban J connectivity index is 2.64. The Bertz CT molecular complexity index is 254. The van der Waals surface area contributed by atoms with Crippen LogP contribution in [-0.4, -0.2) is 29.7 Å². The third-order valence-corrected chi connectivity index (χ3v) is 2.90. The quantitative estimate of drug-likeness (QED) is 0.638. The summed E-state index contributed by atoms with van der Waals surface area (Å²) in [6.45, 7) is 8.65. The third kappa shape index (κ3) is 2.14. The molecule has 0 aromatic rings. The Morgan fingerprint density at radius 1 is 1.43 bits per heavy atom. The number of hydrogen-bond donors (Lipinski definition) is 0. The van der Waals surface area contributed by atoms with E-state index in [1.54, 1.807) is 4.90 Å². The molecule has 0 aromatic carbocycles.